The van der Waals surface area contributed by atoms with Crippen LogP contribution in [0, 0.1) is 0 Å². The number of carbonyl (C=O) groups is 1. The minimum absolute atomic E-state index is 0.0178. The van der Waals surface area contributed by atoms with Crippen molar-refractivity contribution in [2.24, 2.45) is 0 Å². The Balaban J connectivity index is 1.61. The molecule has 2 amide bonds. The summed E-state index contributed by atoms with van der Waals surface area (Å²) < 4.78 is 5.67. The summed E-state index contributed by atoms with van der Waals surface area (Å²) in [6.07, 6.45) is 3.93. The van der Waals surface area contributed by atoms with Crippen LogP contribution in [-0.4, -0.2) is 52.7 Å². The fourth-order valence-corrected chi connectivity index (χ4v) is 5.10. The molecule has 0 aliphatic carbocycles. The molecule has 0 atom stereocenters. The van der Waals surface area contributed by atoms with Crippen molar-refractivity contribution in [3.8, 4) is 0 Å². The van der Waals surface area contributed by atoms with Gasteiger partial charge in [-0.1, -0.05) is 13.8 Å². The third-order valence-corrected chi connectivity index (χ3v) is 7.00. The first-order chi connectivity index (χ1) is 10.6. The lowest BCUT2D eigenvalue weighted by molar-refractivity contribution is 0.0678. The van der Waals surface area contributed by atoms with Crippen LogP contribution in [0.3, 0.4) is 0 Å². The number of thiazole rings is 1. The molecule has 0 saturated carbocycles. The van der Waals surface area contributed by atoms with Gasteiger partial charge in [0, 0.05) is 47.9 Å². The van der Waals surface area contributed by atoms with Crippen LogP contribution in [0.1, 0.15) is 37.5 Å². The third-order valence-electron chi connectivity index (χ3n) is 4.25. The van der Waals surface area contributed by atoms with E-state index in [9.17, 15) is 4.79 Å². The van der Waals surface area contributed by atoms with Crippen molar-refractivity contribution in [1.29, 1.82) is 0 Å². The molecule has 0 unspecified atom stereocenters. The molecular weight excluding hydrogens is 318 g/mol. The van der Waals surface area contributed by atoms with E-state index in [1.807, 2.05) is 22.9 Å². The van der Waals surface area contributed by atoms with Gasteiger partial charge in [0.1, 0.15) is 0 Å². The topological polar surface area (TPSA) is 54.5 Å². The average molecular weight is 342 g/mol. The quantitative estimate of drug-likeness (QED) is 0.896. The molecule has 7 heteroatoms. The Morgan fingerprint density at radius 1 is 1.45 bits per heavy atom. The summed E-state index contributed by atoms with van der Waals surface area (Å²) in [5, 5.41) is 3.66. The van der Waals surface area contributed by atoms with Crippen LogP contribution in [0.15, 0.2) is 6.20 Å². The van der Waals surface area contributed by atoms with Gasteiger partial charge in [-0.3, -0.25) is 5.32 Å². The van der Waals surface area contributed by atoms with Crippen molar-refractivity contribution in [3.05, 3.63) is 11.1 Å². The summed E-state index contributed by atoms with van der Waals surface area (Å²) in [6.45, 7) is 7.52. The third kappa shape index (κ3) is 3.58. The smallest absolute Gasteiger partial charge is 0.323 e. The molecule has 22 heavy (non-hydrogen) atoms. The van der Waals surface area contributed by atoms with Crippen molar-refractivity contribution in [1.82, 2.24) is 9.88 Å². The lowest BCUT2D eigenvalue weighted by Crippen LogP contribution is -2.52. The summed E-state index contributed by atoms with van der Waals surface area (Å²) >= 11 is 3.57. The molecule has 2 aliphatic heterocycles. The van der Waals surface area contributed by atoms with Crippen LogP contribution in [0.5, 0.6) is 0 Å². The Morgan fingerprint density at radius 2 is 2.23 bits per heavy atom. The molecule has 0 bridgehead atoms. The van der Waals surface area contributed by atoms with Gasteiger partial charge in [0.15, 0.2) is 5.13 Å². The molecule has 2 aliphatic rings. The molecule has 1 aromatic heterocycles. The number of hydrogen-bond acceptors (Lipinski definition) is 5. The number of anilines is 1. The molecule has 3 rings (SSSR count). The number of hydrogen-bond donors (Lipinski definition) is 1. The van der Waals surface area contributed by atoms with E-state index in [-0.39, 0.29) is 10.8 Å². The highest BCUT2D eigenvalue weighted by atomic mass is 32.2. The van der Waals surface area contributed by atoms with Crippen LogP contribution in [-0.2, 0) is 4.74 Å². The lowest BCUT2D eigenvalue weighted by Gasteiger charge is -2.44. The zero-order valence-electron chi connectivity index (χ0n) is 13.1. The molecule has 0 radical (unpaired) electrons. The molecule has 1 aromatic rings. The van der Waals surface area contributed by atoms with Crippen molar-refractivity contribution in [2.45, 2.75) is 37.4 Å². The summed E-state index contributed by atoms with van der Waals surface area (Å²) in [4.78, 5) is 20.0. The molecule has 1 N–H and O–H groups in total. The van der Waals surface area contributed by atoms with Crippen molar-refractivity contribution in [2.75, 3.05) is 37.4 Å². The highest BCUT2D eigenvalue weighted by molar-refractivity contribution is 8.00. The normalized spacial score (nSPS) is 21.3. The van der Waals surface area contributed by atoms with Crippen LogP contribution in [0.2, 0.25) is 0 Å². The minimum Gasteiger partial charge on any atom is -0.381 e. The van der Waals surface area contributed by atoms with Crippen molar-refractivity contribution < 1.29 is 9.53 Å². The minimum atomic E-state index is -0.0178. The number of nitrogens with zero attached hydrogens (tertiary/aromatic N) is 2. The van der Waals surface area contributed by atoms with Crippen molar-refractivity contribution in [3.63, 3.8) is 0 Å². The maximum atomic E-state index is 12.5. The van der Waals surface area contributed by atoms with E-state index in [2.05, 4.69) is 24.1 Å². The van der Waals surface area contributed by atoms with Gasteiger partial charge in [-0.2, -0.15) is 11.8 Å². The first-order valence-corrected chi connectivity index (χ1v) is 9.62. The Labute approximate surface area is 139 Å². The molecule has 2 saturated heterocycles. The summed E-state index contributed by atoms with van der Waals surface area (Å²) in [6, 6.07) is -0.0178. The van der Waals surface area contributed by atoms with E-state index in [0.717, 1.165) is 44.9 Å². The monoisotopic (exact) mass is 341 g/mol. The first kappa shape index (κ1) is 16.1. The van der Waals surface area contributed by atoms with Crippen LogP contribution >= 0.6 is 23.1 Å². The van der Waals surface area contributed by atoms with E-state index in [1.54, 1.807) is 11.3 Å². The van der Waals surface area contributed by atoms with Crippen LogP contribution < -0.4 is 5.32 Å². The van der Waals surface area contributed by atoms with Gasteiger partial charge in [0.25, 0.3) is 0 Å². The van der Waals surface area contributed by atoms with Gasteiger partial charge in [-0.05, 0) is 18.8 Å². The zero-order chi connectivity index (χ0) is 15.6. The molecule has 122 valence electrons. The maximum absolute atomic E-state index is 12.5. The van der Waals surface area contributed by atoms with Gasteiger partial charge in [0.05, 0.1) is 0 Å². The predicted octanol–water partition coefficient (Wildman–Crippen LogP) is 3.40. The van der Waals surface area contributed by atoms with Gasteiger partial charge < -0.3 is 9.64 Å². The van der Waals surface area contributed by atoms with Gasteiger partial charge in [-0.15, -0.1) is 11.3 Å². The molecule has 5 nitrogen and oxygen atoms in total. The van der Waals surface area contributed by atoms with Crippen LogP contribution in [0.4, 0.5) is 9.93 Å². The van der Waals surface area contributed by atoms with Crippen molar-refractivity contribution >= 4 is 34.3 Å². The fraction of sp³-hybridized carbons (Fsp3) is 0.733. The Bertz CT molecular complexity index is 521. The summed E-state index contributed by atoms with van der Waals surface area (Å²) in [7, 11) is 0. The lowest BCUT2D eigenvalue weighted by atomic mass is 9.98. The highest BCUT2D eigenvalue weighted by Crippen LogP contribution is 2.39. The van der Waals surface area contributed by atoms with E-state index >= 15 is 0 Å². The maximum Gasteiger partial charge on any atom is 0.323 e. The number of aromatic nitrogens is 1. The molecule has 3 heterocycles. The predicted molar refractivity (Wildman–Crippen MR) is 92.0 cm³/mol. The van der Waals surface area contributed by atoms with Crippen LogP contribution in [0.25, 0.3) is 0 Å². The van der Waals surface area contributed by atoms with Gasteiger partial charge in [0.2, 0.25) is 0 Å². The largest absolute Gasteiger partial charge is 0.381 e. The number of rotatable bonds is 2. The van der Waals surface area contributed by atoms with E-state index in [4.69, 9.17) is 4.74 Å². The fourth-order valence-electron chi connectivity index (χ4n) is 2.85. The number of thioether (sulfide) groups is 1. The number of amides is 2. The number of carbonyl (C=O) groups excluding carboxylic acids is 1. The Morgan fingerprint density at radius 3 is 2.91 bits per heavy atom. The first-order valence-electron chi connectivity index (χ1n) is 7.81. The second kappa shape index (κ2) is 6.76. The average Bonchev–Trinajstić information content (AvgIpc) is 2.97. The van der Waals surface area contributed by atoms with E-state index in [0.29, 0.717) is 11.0 Å². The molecule has 0 aromatic carbocycles. The molecular formula is C15H23N3O2S2. The second-order valence-corrected chi connectivity index (χ2v) is 8.84. The van der Waals surface area contributed by atoms with E-state index < -0.39 is 0 Å². The number of urea groups is 1. The van der Waals surface area contributed by atoms with Gasteiger partial charge in [-0.25, -0.2) is 9.78 Å². The second-order valence-electron chi connectivity index (χ2n) is 6.22. The number of ether oxygens (including phenoxy) is 1. The standard InChI is InChI=1S/C15H23N3O2S2/c1-11(2)12-9-16-13(22-12)17-14(19)18-5-8-21-15(10-18)3-6-20-7-4-15/h9,11H,3-8,10H2,1-2H3,(H,16,17,19). The molecule has 1 spiro atoms. The number of nitrogens with one attached hydrogen (secondary N) is 1. The SMILES string of the molecule is CC(C)c1cnc(NC(=O)N2CCSC3(CCOCC3)C2)s1. The van der Waals surface area contributed by atoms with E-state index in [1.165, 1.54) is 4.88 Å². The highest BCUT2D eigenvalue weighted by Gasteiger charge is 2.39. The Hall–Kier alpha value is -0.790. The van der Waals surface area contributed by atoms with Gasteiger partial charge >= 0.3 is 6.03 Å². The Kier molecular flexibility index (Phi) is 4.94. The molecule has 2 fully saturated rings. The summed E-state index contributed by atoms with van der Waals surface area (Å²) in [5.41, 5.74) is 0. The zero-order valence-corrected chi connectivity index (χ0v) is 14.8. The summed E-state index contributed by atoms with van der Waals surface area (Å²) in [5.74, 6) is 1.45.